The molecule has 120 valence electrons. The average Bonchev–Trinajstić information content (AvgIpc) is 2.47. The fraction of sp³-hybridized carbons (Fsp3) is 0.438. The van der Waals surface area contributed by atoms with Gasteiger partial charge in [-0.25, -0.2) is 0 Å². The third kappa shape index (κ3) is 4.87. The first-order chi connectivity index (χ1) is 10.3. The van der Waals surface area contributed by atoms with E-state index >= 15 is 0 Å². The zero-order valence-corrected chi connectivity index (χ0v) is 13.4. The van der Waals surface area contributed by atoms with Gasteiger partial charge in [-0.15, -0.1) is 0 Å². The predicted molar refractivity (Wildman–Crippen MR) is 82.3 cm³/mol. The summed E-state index contributed by atoms with van der Waals surface area (Å²) in [7, 11) is 1.50. The highest BCUT2D eigenvalue weighted by Crippen LogP contribution is 2.09. The van der Waals surface area contributed by atoms with Gasteiger partial charge in [0.2, 0.25) is 5.91 Å². The summed E-state index contributed by atoms with van der Waals surface area (Å²) in [6.07, 6.45) is 0. The van der Waals surface area contributed by atoms with Gasteiger partial charge in [-0.1, -0.05) is 18.2 Å². The molecule has 0 radical (unpaired) electrons. The lowest BCUT2D eigenvalue weighted by molar-refractivity contribution is -0.149. The third-order valence-electron chi connectivity index (χ3n) is 3.01. The van der Waals surface area contributed by atoms with Gasteiger partial charge in [-0.05, 0) is 32.9 Å². The van der Waals surface area contributed by atoms with Gasteiger partial charge in [0.15, 0.2) is 0 Å². The van der Waals surface area contributed by atoms with Gasteiger partial charge in [-0.2, -0.15) is 0 Å². The van der Waals surface area contributed by atoms with Crippen molar-refractivity contribution in [2.45, 2.75) is 26.3 Å². The molecular weight excluding hydrogens is 284 g/mol. The lowest BCUT2D eigenvalue weighted by Gasteiger charge is -2.29. The first-order valence-electron chi connectivity index (χ1n) is 7.06. The number of ether oxygens (including phenoxy) is 1. The molecule has 0 heterocycles. The van der Waals surface area contributed by atoms with Crippen LogP contribution in [0.25, 0.3) is 0 Å². The van der Waals surface area contributed by atoms with E-state index in [1.54, 1.807) is 51.1 Å². The lowest BCUT2D eigenvalue weighted by Crippen LogP contribution is -2.55. The van der Waals surface area contributed by atoms with E-state index in [4.69, 9.17) is 4.74 Å². The number of carbonyl (C=O) groups is 3. The Kier molecular flexibility index (Phi) is 6.10. The molecule has 0 aromatic heterocycles. The summed E-state index contributed by atoms with van der Waals surface area (Å²) < 4.78 is 4.81. The van der Waals surface area contributed by atoms with E-state index in [1.807, 2.05) is 0 Å². The number of hydrogen-bond donors (Lipinski definition) is 1. The van der Waals surface area contributed by atoms with Crippen LogP contribution >= 0.6 is 0 Å². The summed E-state index contributed by atoms with van der Waals surface area (Å²) in [4.78, 5) is 37.2. The summed E-state index contributed by atoms with van der Waals surface area (Å²) in [5, 5.41) is 2.68. The molecule has 1 N–H and O–H groups in total. The quantitative estimate of drug-likeness (QED) is 0.802. The van der Waals surface area contributed by atoms with Crippen LogP contribution in [0.4, 0.5) is 0 Å². The van der Waals surface area contributed by atoms with E-state index < -0.39 is 11.5 Å². The number of esters is 1. The van der Waals surface area contributed by atoms with Gasteiger partial charge < -0.3 is 15.0 Å². The molecule has 0 atom stereocenters. The molecule has 0 bridgehead atoms. The maximum atomic E-state index is 12.4. The Labute approximate surface area is 130 Å². The van der Waals surface area contributed by atoms with Crippen LogP contribution in [0.1, 0.15) is 31.1 Å². The van der Waals surface area contributed by atoms with Crippen molar-refractivity contribution >= 4 is 17.8 Å². The standard InChI is InChI=1S/C16H22N2O4/c1-5-22-13(19)11-18(4)15(21)16(2,3)17-14(20)12-9-7-6-8-10-12/h6-10H,5,11H2,1-4H3,(H,17,20). The first kappa shape index (κ1) is 17.7. The summed E-state index contributed by atoms with van der Waals surface area (Å²) >= 11 is 0. The minimum absolute atomic E-state index is 0.155. The van der Waals surface area contributed by atoms with Gasteiger partial charge in [0.05, 0.1) is 6.61 Å². The van der Waals surface area contributed by atoms with E-state index in [1.165, 1.54) is 11.9 Å². The topological polar surface area (TPSA) is 75.7 Å². The molecule has 6 heteroatoms. The van der Waals surface area contributed by atoms with Crippen molar-refractivity contribution in [3.63, 3.8) is 0 Å². The Bertz CT molecular complexity index is 540. The third-order valence-corrected chi connectivity index (χ3v) is 3.01. The van der Waals surface area contributed by atoms with Crippen molar-refractivity contribution in [3.8, 4) is 0 Å². The molecule has 0 aliphatic rings. The zero-order valence-electron chi connectivity index (χ0n) is 13.4. The molecule has 0 fully saturated rings. The second kappa shape index (κ2) is 7.59. The monoisotopic (exact) mass is 306 g/mol. The molecule has 0 aliphatic heterocycles. The number of hydrogen-bond acceptors (Lipinski definition) is 4. The molecule has 22 heavy (non-hydrogen) atoms. The fourth-order valence-electron chi connectivity index (χ4n) is 1.95. The predicted octanol–water partition coefficient (Wildman–Crippen LogP) is 1.22. The summed E-state index contributed by atoms with van der Waals surface area (Å²) in [6.45, 7) is 4.99. The van der Waals surface area contributed by atoms with Crippen LogP contribution in [0, 0.1) is 0 Å². The van der Waals surface area contributed by atoms with E-state index in [9.17, 15) is 14.4 Å². The van der Waals surface area contributed by atoms with Crippen molar-refractivity contribution < 1.29 is 19.1 Å². The van der Waals surface area contributed by atoms with E-state index in [0.29, 0.717) is 5.56 Å². The summed E-state index contributed by atoms with van der Waals surface area (Å²) in [5.74, 6) is -1.20. The summed E-state index contributed by atoms with van der Waals surface area (Å²) in [6, 6.07) is 8.63. The number of nitrogens with zero attached hydrogens (tertiary/aromatic N) is 1. The highest BCUT2D eigenvalue weighted by atomic mass is 16.5. The molecule has 0 unspecified atom stereocenters. The van der Waals surface area contributed by atoms with E-state index in [0.717, 1.165) is 0 Å². The maximum Gasteiger partial charge on any atom is 0.325 e. The molecule has 1 aromatic rings. The molecular formula is C16H22N2O4. The molecule has 2 amide bonds. The first-order valence-corrected chi connectivity index (χ1v) is 7.06. The second-order valence-electron chi connectivity index (χ2n) is 5.41. The molecule has 1 rings (SSSR count). The SMILES string of the molecule is CCOC(=O)CN(C)C(=O)C(C)(C)NC(=O)c1ccccc1. The number of nitrogens with one attached hydrogen (secondary N) is 1. The van der Waals surface area contributed by atoms with Crippen LogP contribution in [0.15, 0.2) is 30.3 Å². The molecule has 0 aliphatic carbocycles. The Morgan fingerprint density at radius 2 is 1.77 bits per heavy atom. The van der Waals surface area contributed by atoms with Gasteiger partial charge in [0.25, 0.3) is 5.91 Å². The minimum Gasteiger partial charge on any atom is -0.465 e. The Morgan fingerprint density at radius 3 is 2.32 bits per heavy atom. The molecule has 1 aromatic carbocycles. The number of rotatable bonds is 6. The van der Waals surface area contributed by atoms with Gasteiger partial charge in [0.1, 0.15) is 12.1 Å². The van der Waals surface area contributed by atoms with Gasteiger partial charge in [-0.3, -0.25) is 14.4 Å². The summed E-state index contributed by atoms with van der Waals surface area (Å²) in [5.41, 5.74) is -0.662. The highest BCUT2D eigenvalue weighted by Gasteiger charge is 2.33. The largest absolute Gasteiger partial charge is 0.465 e. The average molecular weight is 306 g/mol. The van der Waals surface area contributed by atoms with Gasteiger partial charge in [0, 0.05) is 12.6 Å². The number of likely N-dealkylation sites (N-methyl/N-ethyl adjacent to an activating group) is 1. The smallest absolute Gasteiger partial charge is 0.325 e. The van der Waals surface area contributed by atoms with Gasteiger partial charge >= 0.3 is 5.97 Å². The van der Waals surface area contributed by atoms with Crippen LogP contribution in [-0.2, 0) is 14.3 Å². The number of benzene rings is 1. The van der Waals surface area contributed by atoms with Crippen LogP contribution < -0.4 is 5.32 Å². The fourth-order valence-corrected chi connectivity index (χ4v) is 1.95. The maximum absolute atomic E-state index is 12.4. The van der Waals surface area contributed by atoms with Crippen molar-refractivity contribution in [2.24, 2.45) is 0 Å². The van der Waals surface area contributed by atoms with Crippen molar-refractivity contribution in [1.29, 1.82) is 0 Å². The Hall–Kier alpha value is -2.37. The minimum atomic E-state index is -1.13. The zero-order chi connectivity index (χ0) is 16.8. The van der Waals surface area contributed by atoms with Crippen LogP contribution in [0.3, 0.4) is 0 Å². The highest BCUT2D eigenvalue weighted by molar-refractivity contribution is 5.99. The van der Waals surface area contributed by atoms with E-state index in [-0.39, 0.29) is 25.0 Å². The molecule has 0 spiro atoms. The second-order valence-corrected chi connectivity index (χ2v) is 5.41. The molecule has 0 saturated carbocycles. The van der Waals surface area contributed by atoms with Crippen LogP contribution in [0.5, 0.6) is 0 Å². The number of carbonyl (C=O) groups excluding carboxylic acids is 3. The van der Waals surface area contributed by atoms with Crippen LogP contribution in [0.2, 0.25) is 0 Å². The van der Waals surface area contributed by atoms with Crippen molar-refractivity contribution in [2.75, 3.05) is 20.2 Å². The molecule has 6 nitrogen and oxygen atoms in total. The normalized spacial score (nSPS) is 10.7. The van der Waals surface area contributed by atoms with E-state index in [2.05, 4.69) is 5.32 Å². The lowest BCUT2D eigenvalue weighted by atomic mass is 10.0. The van der Waals surface area contributed by atoms with Crippen LogP contribution in [-0.4, -0.2) is 48.4 Å². The molecule has 0 saturated heterocycles. The Morgan fingerprint density at radius 1 is 1.18 bits per heavy atom. The number of amides is 2. The van der Waals surface area contributed by atoms with Crippen molar-refractivity contribution in [3.05, 3.63) is 35.9 Å². The Balaban J connectivity index is 2.70. The van der Waals surface area contributed by atoms with Crippen molar-refractivity contribution in [1.82, 2.24) is 10.2 Å².